The molecule has 1 aromatic rings. The first-order chi connectivity index (χ1) is 10.7. The maximum Gasteiger partial charge on any atom is 0.329 e. The summed E-state index contributed by atoms with van der Waals surface area (Å²) in [7, 11) is 0. The van der Waals surface area contributed by atoms with Crippen LogP contribution in [0.1, 0.15) is 38.7 Å². The molecule has 0 saturated heterocycles. The molecule has 2 amide bonds. The van der Waals surface area contributed by atoms with Crippen molar-refractivity contribution in [2.75, 3.05) is 13.2 Å². The lowest BCUT2D eigenvalue weighted by Crippen LogP contribution is -2.38. The lowest BCUT2D eigenvalue weighted by atomic mass is 10.2. The summed E-state index contributed by atoms with van der Waals surface area (Å²) in [6.07, 6.45) is 4.23. The molecule has 0 aromatic heterocycles. The van der Waals surface area contributed by atoms with E-state index in [1.54, 1.807) is 0 Å². The SMILES string of the molecule is CCCCNC(=O)C(=O)N/N=C\c1ccc(OCCC)cc1. The van der Waals surface area contributed by atoms with Gasteiger partial charge >= 0.3 is 11.8 Å². The Morgan fingerprint density at radius 3 is 2.50 bits per heavy atom. The number of carbonyl (C=O) groups is 2. The second-order valence-corrected chi connectivity index (χ2v) is 4.73. The Balaban J connectivity index is 2.38. The first-order valence-electron chi connectivity index (χ1n) is 7.51. The standard InChI is InChI=1S/C16H23N3O3/c1-3-5-10-17-15(20)16(21)19-18-12-13-6-8-14(9-7-13)22-11-4-2/h6-9,12H,3-5,10-11H2,1-2H3,(H,17,20)(H,19,21)/b18-12-. The first-order valence-corrected chi connectivity index (χ1v) is 7.51. The molecule has 0 saturated carbocycles. The van der Waals surface area contributed by atoms with Gasteiger partial charge in [-0.15, -0.1) is 0 Å². The lowest BCUT2D eigenvalue weighted by molar-refractivity contribution is -0.139. The number of nitrogens with one attached hydrogen (secondary N) is 2. The summed E-state index contributed by atoms with van der Waals surface area (Å²) in [5.74, 6) is -0.650. The Bertz CT molecular complexity index is 498. The molecule has 1 aromatic carbocycles. The van der Waals surface area contributed by atoms with E-state index < -0.39 is 11.8 Å². The van der Waals surface area contributed by atoms with E-state index in [9.17, 15) is 9.59 Å². The van der Waals surface area contributed by atoms with Gasteiger partial charge in [0.25, 0.3) is 0 Å². The summed E-state index contributed by atoms with van der Waals surface area (Å²) in [5.41, 5.74) is 3.00. The van der Waals surface area contributed by atoms with Crippen molar-refractivity contribution in [3.8, 4) is 5.75 Å². The van der Waals surface area contributed by atoms with Crippen LogP contribution in [0, 0.1) is 0 Å². The Labute approximate surface area is 130 Å². The molecular formula is C16H23N3O3. The highest BCUT2D eigenvalue weighted by Gasteiger charge is 2.10. The molecule has 0 bridgehead atoms. The van der Waals surface area contributed by atoms with E-state index >= 15 is 0 Å². The number of benzene rings is 1. The largest absolute Gasteiger partial charge is 0.494 e. The number of carbonyl (C=O) groups excluding carboxylic acids is 2. The van der Waals surface area contributed by atoms with E-state index in [1.165, 1.54) is 6.21 Å². The third-order valence-corrected chi connectivity index (χ3v) is 2.75. The molecule has 2 N–H and O–H groups in total. The highest BCUT2D eigenvalue weighted by atomic mass is 16.5. The monoisotopic (exact) mass is 305 g/mol. The molecule has 6 heteroatoms. The third kappa shape index (κ3) is 6.88. The molecular weight excluding hydrogens is 282 g/mol. The number of unbranched alkanes of at least 4 members (excludes halogenated alkanes) is 1. The third-order valence-electron chi connectivity index (χ3n) is 2.75. The van der Waals surface area contributed by atoms with Gasteiger partial charge in [0.1, 0.15) is 5.75 Å². The maximum absolute atomic E-state index is 11.4. The van der Waals surface area contributed by atoms with E-state index in [0.29, 0.717) is 13.2 Å². The molecule has 0 heterocycles. The molecule has 0 aliphatic carbocycles. The topological polar surface area (TPSA) is 79.8 Å². The van der Waals surface area contributed by atoms with Crippen molar-refractivity contribution in [2.45, 2.75) is 33.1 Å². The van der Waals surface area contributed by atoms with Crippen molar-refractivity contribution in [3.05, 3.63) is 29.8 Å². The average molecular weight is 305 g/mol. The number of hydrazone groups is 1. The predicted octanol–water partition coefficient (Wildman–Crippen LogP) is 1.84. The van der Waals surface area contributed by atoms with Gasteiger partial charge in [0, 0.05) is 6.54 Å². The smallest absolute Gasteiger partial charge is 0.329 e. The highest BCUT2D eigenvalue weighted by Crippen LogP contribution is 2.11. The van der Waals surface area contributed by atoms with E-state index in [-0.39, 0.29) is 0 Å². The number of hydrogen-bond acceptors (Lipinski definition) is 4. The molecule has 6 nitrogen and oxygen atoms in total. The Hall–Kier alpha value is -2.37. The fraction of sp³-hybridized carbons (Fsp3) is 0.438. The number of ether oxygens (including phenoxy) is 1. The molecule has 0 spiro atoms. The van der Waals surface area contributed by atoms with Crippen LogP contribution in [0.2, 0.25) is 0 Å². The van der Waals surface area contributed by atoms with Gasteiger partial charge in [-0.2, -0.15) is 5.10 Å². The van der Waals surface area contributed by atoms with E-state index in [2.05, 4.69) is 15.8 Å². The van der Waals surface area contributed by atoms with Gasteiger partial charge in [-0.05, 0) is 42.7 Å². The lowest BCUT2D eigenvalue weighted by Gasteiger charge is -2.04. The van der Waals surface area contributed by atoms with Crippen LogP contribution < -0.4 is 15.5 Å². The average Bonchev–Trinajstić information content (AvgIpc) is 2.54. The molecule has 0 aliphatic heterocycles. The quantitative estimate of drug-likeness (QED) is 0.333. The van der Waals surface area contributed by atoms with E-state index in [4.69, 9.17) is 4.74 Å². The molecule has 0 aliphatic rings. The normalized spacial score (nSPS) is 10.5. The summed E-state index contributed by atoms with van der Waals surface area (Å²) < 4.78 is 5.46. The van der Waals surface area contributed by atoms with Crippen LogP contribution in [0.4, 0.5) is 0 Å². The van der Waals surface area contributed by atoms with E-state index in [0.717, 1.165) is 30.6 Å². The van der Waals surface area contributed by atoms with Gasteiger partial charge in [-0.1, -0.05) is 20.3 Å². The van der Waals surface area contributed by atoms with Gasteiger partial charge < -0.3 is 10.1 Å². The zero-order valence-electron chi connectivity index (χ0n) is 13.1. The van der Waals surface area contributed by atoms with Gasteiger partial charge in [0.05, 0.1) is 12.8 Å². The van der Waals surface area contributed by atoms with Gasteiger partial charge in [0.15, 0.2) is 0 Å². The minimum atomic E-state index is -0.768. The first kappa shape index (κ1) is 17.7. The summed E-state index contributed by atoms with van der Waals surface area (Å²) >= 11 is 0. The molecule has 0 unspecified atom stereocenters. The summed E-state index contributed by atoms with van der Waals surface area (Å²) in [6.45, 7) is 5.22. The predicted molar refractivity (Wildman–Crippen MR) is 85.9 cm³/mol. The summed E-state index contributed by atoms with van der Waals surface area (Å²) in [5, 5.41) is 6.27. The number of hydrogen-bond donors (Lipinski definition) is 2. The van der Waals surface area contributed by atoms with Gasteiger partial charge in [-0.25, -0.2) is 5.43 Å². The van der Waals surface area contributed by atoms with Crippen LogP contribution in [0.3, 0.4) is 0 Å². The van der Waals surface area contributed by atoms with Crippen LogP contribution in [0.25, 0.3) is 0 Å². The molecule has 0 radical (unpaired) electrons. The van der Waals surface area contributed by atoms with Crippen molar-refractivity contribution < 1.29 is 14.3 Å². The Kier molecular flexibility index (Phi) is 8.33. The minimum absolute atomic E-state index is 0.492. The van der Waals surface area contributed by atoms with E-state index in [1.807, 2.05) is 38.1 Å². The fourth-order valence-electron chi connectivity index (χ4n) is 1.55. The van der Waals surface area contributed by atoms with Crippen LogP contribution in [0.5, 0.6) is 5.75 Å². The zero-order valence-corrected chi connectivity index (χ0v) is 13.1. The minimum Gasteiger partial charge on any atom is -0.494 e. The van der Waals surface area contributed by atoms with Gasteiger partial charge in [-0.3, -0.25) is 9.59 Å². The Morgan fingerprint density at radius 2 is 1.86 bits per heavy atom. The van der Waals surface area contributed by atoms with Crippen LogP contribution in [-0.2, 0) is 9.59 Å². The van der Waals surface area contributed by atoms with Crippen molar-refractivity contribution >= 4 is 18.0 Å². The maximum atomic E-state index is 11.4. The molecule has 22 heavy (non-hydrogen) atoms. The van der Waals surface area contributed by atoms with Crippen LogP contribution in [0.15, 0.2) is 29.4 Å². The number of rotatable bonds is 8. The van der Waals surface area contributed by atoms with Crippen molar-refractivity contribution in [1.29, 1.82) is 0 Å². The highest BCUT2D eigenvalue weighted by molar-refractivity contribution is 6.35. The van der Waals surface area contributed by atoms with Crippen molar-refractivity contribution in [2.24, 2.45) is 5.10 Å². The van der Waals surface area contributed by atoms with Crippen LogP contribution in [-0.4, -0.2) is 31.2 Å². The molecule has 120 valence electrons. The fourth-order valence-corrected chi connectivity index (χ4v) is 1.55. The zero-order chi connectivity index (χ0) is 16.2. The summed E-state index contributed by atoms with van der Waals surface area (Å²) in [4.78, 5) is 22.8. The van der Waals surface area contributed by atoms with Gasteiger partial charge in [0.2, 0.25) is 0 Å². The van der Waals surface area contributed by atoms with Crippen molar-refractivity contribution in [1.82, 2.24) is 10.7 Å². The summed E-state index contributed by atoms with van der Waals surface area (Å²) in [6, 6.07) is 7.30. The number of nitrogens with zero attached hydrogens (tertiary/aromatic N) is 1. The molecule has 1 rings (SSSR count). The Morgan fingerprint density at radius 1 is 1.14 bits per heavy atom. The molecule has 0 atom stereocenters. The second-order valence-electron chi connectivity index (χ2n) is 4.73. The number of amides is 2. The second kappa shape index (κ2) is 10.4. The molecule has 0 fully saturated rings. The van der Waals surface area contributed by atoms with Crippen LogP contribution >= 0.6 is 0 Å². The van der Waals surface area contributed by atoms with Crippen molar-refractivity contribution in [3.63, 3.8) is 0 Å².